The number of rotatable bonds is 6. The summed E-state index contributed by atoms with van der Waals surface area (Å²) in [4.78, 5) is 12.4. The molecule has 0 aromatic carbocycles. The highest BCUT2D eigenvalue weighted by atomic mass is 35.5. The molecule has 0 aliphatic heterocycles. The van der Waals surface area contributed by atoms with Gasteiger partial charge in [0, 0.05) is 30.3 Å². The highest BCUT2D eigenvalue weighted by Crippen LogP contribution is 2.38. The van der Waals surface area contributed by atoms with Gasteiger partial charge in [0.05, 0.1) is 0 Å². The standard InChI is InChI=1S/C15H14ClF3N4O/c16-11-6-12(23-13(22-11)9-3-4-9)21-7-10-2-1-5-20-14(10)24-8-15(17,18)19/h1-2,5-6,9H,3-4,7-8H2,(H,21,22,23). The van der Waals surface area contributed by atoms with Crippen LogP contribution in [0.15, 0.2) is 24.4 Å². The molecule has 128 valence electrons. The van der Waals surface area contributed by atoms with E-state index in [1.54, 1.807) is 18.2 Å². The maximum Gasteiger partial charge on any atom is 0.422 e. The number of pyridine rings is 1. The van der Waals surface area contributed by atoms with Gasteiger partial charge in [0.1, 0.15) is 16.8 Å². The van der Waals surface area contributed by atoms with E-state index in [2.05, 4.69) is 20.3 Å². The number of nitrogens with one attached hydrogen (secondary N) is 1. The van der Waals surface area contributed by atoms with Crippen molar-refractivity contribution in [1.29, 1.82) is 0 Å². The van der Waals surface area contributed by atoms with Crippen molar-refractivity contribution in [1.82, 2.24) is 15.0 Å². The van der Waals surface area contributed by atoms with Gasteiger partial charge in [0.2, 0.25) is 5.88 Å². The molecule has 0 radical (unpaired) electrons. The van der Waals surface area contributed by atoms with Crippen molar-refractivity contribution >= 4 is 17.4 Å². The molecule has 1 saturated carbocycles. The van der Waals surface area contributed by atoms with Crippen molar-refractivity contribution in [2.45, 2.75) is 31.5 Å². The van der Waals surface area contributed by atoms with E-state index in [1.807, 2.05) is 0 Å². The first-order chi connectivity index (χ1) is 11.4. The summed E-state index contributed by atoms with van der Waals surface area (Å²) in [5, 5.41) is 3.35. The summed E-state index contributed by atoms with van der Waals surface area (Å²) in [5.74, 6) is 1.48. The molecule has 5 nitrogen and oxygen atoms in total. The minimum atomic E-state index is -4.42. The minimum absolute atomic E-state index is 0.0649. The molecule has 1 aliphatic carbocycles. The van der Waals surface area contributed by atoms with Gasteiger partial charge < -0.3 is 10.1 Å². The van der Waals surface area contributed by atoms with Gasteiger partial charge in [-0.25, -0.2) is 15.0 Å². The molecule has 1 N–H and O–H groups in total. The molecule has 2 aromatic rings. The van der Waals surface area contributed by atoms with Crippen LogP contribution < -0.4 is 10.1 Å². The average Bonchev–Trinajstić information content (AvgIpc) is 3.35. The van der Waals surface area contributed by atoms with Crippen LogP contribution in [0.3, 0.4) is 0 Å². The second-order valence-corrected chi connectivity index (χ2v) is 5.82. The Kier molecular flexibility index (Phi) is 4.75. The first-order valence-electron chi connectivity index (χ1n) is 7.32. The van der Waals surface area contributed by atoms with Gasteiger partial charge >= 0.3 is 6.18 Å². The van der Waals surface area contributed by atoms with Crippen LogP contribution >= 0.6 is 11.6 Å². The number of nitrogens with zero attached hydrogens (tertiary/aromatic N) is 3. The lowest BCUT2D eigenvalue weighted by Gasteiger charge is -2.13. The largest absolute Gasteiger partial charge is 0.468 e. The molecule has 0 spiro atoms. The van der Waals surface area contributed by atoms with Crippen molar-refractivity contribution in [2.75, 3.05) is 11.9 Å². The van der Waals surface area contributed by atoms with Gasteiger partial charge in [-0.15, -0.1) is 0 Å². The number of alkyl halides is 3. The molecule has 3 rings (SSSR count). The Bertz CT molecular complexity index is 722. The van der Waals surface area contributed by atoms with Crippen LogP contribution in [0.2, 0.25) is 5.15 Å². The fourth-order valence-corrected chi connectivity index (χ4v) is 2.26. The van der Waals surface area contributed by atoms with Crippen molar-refractivity contribution in [3.8, 4) is 5.88 Å². The second-order valence-electron chi connectivity index (χ2n) is 5.43. The van der Waals surface area contributed by atoms with E-state index in [0.29, 0.717) is 28.3 Å². The van der Waals surface area contributed by atoms with E-state index in [1.165, 1.54) is 6.20 Å². The van der Waals surface area contributed by atoms with Crippen molar-refractivity contribution in [3.05, 3.63) is 40.9 Å². The summed E-state index contributed by atoms with van der Waals surface area (Å²) in [7, 11) is 0. The van der Waals surface area contributed by atoms with Crippen LogP contribution in [0, 0.1) is 0 Å². The Morgan fingerprint density at radius 3 is 2.79 bits per heavy atom. The molecule has 0 saturated heterocycles. The zero-order chi connectivity index (χ0) is 17.2. The predicted octanol–water partition coefficient (Wildman–Crippen LogP) is 3.96. The number of aromatic nitrogens is 3. The van der Waals surface area contributed by atoms with Gasteiger partial charge in [0.25, 0.3) is 0 Å². The smallest absolute Gasteiger partial charge is 0.422 e. The molecule has 1 fully saturated rings. The molecule has 24 heavy (non-hydrogen) atoms. The highest BCUT2D eigenvalue weighted by Gasteiger charge is 2.29. The zero-order valence-corrected chi connectivity index (χ0v) is 13.2. The van der Waals surface area contributed by atoms with Crippen LogP contribution in [0.5, 0.6) is 5.88 Å². The molecule has 0 amide bonds. The van der Waals surface area contributed by atoms with Crippen LogP contribution in [0.25, 0.3) is 0 Å². The molecule has 2 aromatic heterocycles. The minimum Gasteiger partial charge on any atom is -0.468 e. The number of hydrogen-bond acceptors (Lipinski definition) is 5. The SMILES string of the molecule is FC(F)(F)COc1ncccc1CNc1cc(Cl)nc(C2CC2)n1. The Morgan fingerprint density at radius 2 is 2.08 bits per heavy atom. The van der Waals surface area contributed by atoms with Gasteiger partial charge in [-0.2, -0.15) is 13.2 Å². The molecule has 0 atom stereocenters. The van der Waals surface area contributed by atoms with Gasteiger partial charge in [-0.1, -0.05) is 17.7 Å². The first-order valence-corrected chi connectivity index (χ1v) is 7.70. The number of hydrogen-bond donors (Lipinski definition) is 1. The molecule has 1 aliphatic rings. The summed E-state index contributed by atoms with van der Waals surface area (Å²) in [5.41, 5.74) is 0.490. The van der Waals surface area contributed by atoms with E-state index in [0.717, 1.165) is 12.8 Å². The molecule has 0 unspecified atom stereocenters. The summed E-state index contributed by atoms with van der Waals surface area (Å²) < 4.78 is 41.6. The molecule has 0 bridgehead atoms. The lowest BCUT2D eigenvalue weighted by molar-refractivity contribution is -0.154. The van der Waals surface area contributed by atoms with E-state index >= 15 is 0 Å². The third kappa shape index (κ3) is 4.70. The zero-order valence-electron chi connectivity index (χ0n) is 12.5. The fourth-order valence-electron chi connectivity index (χ4n) is 2.07. The topological polar surface area (TPSA) is 59.9 Å². The highest BCUT2D eigenvalue weighted by molar-refractivity contribution is 6.29. The lowest BCUT2D eigenvalue weighted by atomic mass is 10.2. The average molecular weight is 359 g/mol. The summed E-state index contributed by atoms with van der Waals surface area (Å²) in [6.07, 6.45) is -0.959. The number of ether oxygens (including phenoxy) is 1. The second kappa shape index (κ2) is 6.80. The normalized spacial score (nSPS) is 14.5. The van der Waals surface area contributed by atoms with Crippen molar-refractivity contribution < 1.29 is 17.9 Å². The number of anilines is 1. The molecular formula is C15H14ClF3N4O. The molecule has 2 heterocycles. The van der Waals surface area contributed by atoms with Crippen molar-refractivity contribution in [3.63, 3.8) is 0 Å². The van der Waals surface area contributed by atoms with Gasteiger partial charge in [0.15, 0.2) is 6.61 Å². The Balaban J connectivity index is 1.68. The lowest BCUT2D eigenvalue weighted by Crippen LogP contribution is -2.20. The summed E-state index contributed by atoms with van der Waals surface area (Å²) in [6, 6.07) is 4.83. The van der Waals surface area contributed by atoms with Crippen LogP contribution in [0.1, 0.15) is 30.1 Å². The van der Waals surface area contributed by atoms with Gasteiger partial charge in [-0.05, 0) is 18.9 Å². The predicted molar refractivity (Wildman–Crippen MR) is 82.1 cm³/mol. The van der Waals surface area contributed by atoms with E-state index in [-0.39, 0.29) is 12.4 Å². The molecule has 9 heteroatoms. The fraction of sp³-hybridized carbons (Fsp3) is 0.400. The Labute approximate surface area is 141 Å². The third-order valence-electron chi connectivity index (χ3n) is 3.34. The van der Waals surface area contributed by atoms with Crippen LogP contribution in [-0.2, 0) is 6.54 Å². The van der Waals surface area contributed by atoms with E-state index < -0.39 is 12.8 Å². The van der Waals surface area contributed by atoms with E-state index in [4.69, 9.17) is 16.3 Å². The third-order valence-corrected chi connectivity index (χ3v) is 3.53. The Morgan fingerprint density at radius 1 is 1.29 bits per heavy atom. The van der Waals surface area contributed by atoms with Crippen LogP contribution in [0.4, 0.5) is 19.0 Å². The van der Waals surface area contributed by atoms with Gasteiger partial charge in [-0.3, -0.25) is 0 Å². The monoisotopic (exact) mass is 358 g/mol. The quantitative estimate of drug-likeness (QED) is 0.792. The Hall–Kier alpha value is -2.09. The van der Waals surface area contributed by atoms with Crippen molar-refractivity contribution in [2.24, 2.45) is 0 Å². The summed E-state index contributed by atoms with van der Waals surface area (Å²) >= 11 is 5.98. The number of halogens is 4. The maximum absolute atomic E-state index is 12.3. The van der Waals surface area contributed by atoms with Crippen LogP contribution in [-0.4, -0.2) is 27.7 Å². The first kappa shape index (κ1) is 16.8. The van der Waals surface area contributed by atoms with E-state index in [9.17, 15) is 13.2 Å². The summed E-state index contributed by atoms with van der Waals surface area (Å²) in [6.45, 7) is -1.18. The maximum atomic E-state index is 12.3. The molecular weight excluding hydrogens is 345 g/mol.